The molecule has 24 heavy (non-hydrogen) atoms. The van der Waals surface area contributed by atoms with E-state index in [4.69, 9.17) is 27.9 Å². The zero-order valence-electron chi connectivity index (χ0n) is 12.8. The Bertz CT molecular complexity index is 895. The van der Waals surface area contributed by atoms with Crippen molar-refractivity contribution in [2.45, 2.75) is 6.54 Å². The van der Waals surface area contributed by atoms with Gasteiger partial charge in [-0.05, 0) is 30.3 Å². The maximum Gasteiger partial charge on any atom is 0.275 e. The van der Waals surface area contributed by atoms with Crippen molar-refractivity contribution in [3.63, 3.8) is 0 Å². The fourth-order valence-corrected chi connectivity index (χ4v) is 2.61. The van der Waals surface area contributed by atoms with Crippen LogP contribution in [0, 0.1) is 0 Å². The third kappa shape index (κ3) is 3.51. The molecule has 0 aliphatic carbocycles. The fourth-order valence-electron chi connectivity index (χ4n) is 2.27. The molecule has 0 radical (unpaired) electrons. The van der Waals surface area contributed by atoms with Crippen molar-refractivity contribution < 1.29 is 9.53 Å². The van der Waals surface area contributed by atoms with E-state index in [-0.39, 0.29) is 15.9 Å². The van der Waals surface area contributed by atoms with Crippen LogP contribution >= 0.6 is 23.2 Å². The van der Waals surface area contributed by atoms with Crippen molar-refractivity contribution in [1.29, 1.82) is 0 Å². The number of methoxy groups -OCH3 is 1. The van der Waals surface area contributed by atoms with Gasteiger partial charge in [-0.25, -0.2) is 4.98 Å². The van der Waals surface area contributed by atoms with E-state index in [0.29, 0.717) is 18.8 Å². The molecule has 3 rings (SSSR count). The molecule has 1 aromatic carbocycles. The van der Waals surface area contributed by atoms with E-state index >= 15 is 0 Å². The number of carbonyl (C=O) groups excluding carboxylic acids is 1. The van der Waals surface area contributed by atoms with Crippen LogP contribution in [0.2, 0.25) is 10.2 Å². The lowest BCUT2D eigenvalue weighted by Gasteiger charge is -2.08. The number of carbonyl (C=O) groups is 1. The summed E-state index contributed by atoms with van der Waals surface area (Å²) in [5.41, 5.74) is 1.59. The minimum absolute atomic E-state index is 0.0807. The number of rotatable bonds is 5. The smallest absolute Gasteiger partial charge is 0.275 e. The predicted octanol–water partition coefficient (Wildman–Crippen LogP) is 3.64. The number of pyridine rings is 1. The zero-order valence-corrected chi connectivity index (χ0v) is 14.3. The highest BCUT2D eigenvalue weighted by Gasteiger charge is 2.14. The summed E-state index contributed by atoms with van der Waals surface area (Å²) in [6.45, 7) is 1.18. The first-order chi connectivity index (χ1) is 11.6. The molecule has 8 heteroatoms. The summed E-state index contributed by atoms with van der Waals surface area (Å²) in [4.78, 5) is 16.3. The van der Waals surface area contributed by atoms with Crippen LogP contribution in [0.4, 0.5) is 5.69 Å². The molecule has 0 spiro atoms. The lowest BCUT2D eigenvalue weighted by Crippen LogP contribution is -2.14. The second kappa shape index (κ2) is 7.17. The summed E-state index contributed by atoms with van der Waals surface area (Å²) in [5, 5.41) is 8.50. The Morgan fingerprint density at radius 3 is 2.92 bits per heavy atom. The van der Waals surface area contributed by atoms with E-state index < -0.39 is 5.91 Å². The van der Waals surface area contributed by atoms with Crippen molar-refractivity contribution in [2.24, 2.45) is 0 Å². The number of amides is 1. The molecule has 1 N–H and O–H groups in total. The first-order valence-electron chi connectivity index (χ1n) is 7.16. The number of nitrogens with zero attached hydrogens (tertiary/aromatic N) is 3. The summed E-state index contributed by atoms with van der Waals surface area (Å²) in [6, 6.07) is 8.58. The molecule has 0 saturated carbocycles. The summed E-state index contributed by atoms with van der Waals surface area (Å²) in [6.07, 6.45) is 1.77. The monoisotopic (exact) mass is 364 g/mol. The second-order valence-corrected chi connectivity index (χ2v) is 5.85. The van der Waals surface area contributed by atoms with Crippen LogP contribution in [0.25, 0.3) is 10.9 Å². The van der Waals surface area contributed by atoms with Crippen LogP contribution in [0.1, 0.15) is 10.5 Å². The van der Waals surface area contributed by atoms with Gasteiger partial charge in [0.1, 0.15) is 10.8 Å². The lowest BCUT2D eigenvalue weighted by molar-refractivity contribution is 0.102. The molecule has 0 atom stereocenters. The Hall–Kier alpha value is -2.15. The van der Waals surface area contributed by atoms with Crippen LogP contribution in [0.3, 0.4) is 0 Å². The molecule has 2 aromatic heterocycles. The quantitative estimate of drug-likeness (QED) is 0.701. The van der Waals surface area contributed by atoms with Crippen molar-refractivity contribution in [3.8, 4) is 0 Å². The van der Waals surface area contributed by atoms with Gasteiger partial charge < -0.3 is 10.1 Å². The summed E-state index contributed by atoms with van der Waals surface area (Å²) in [5.74, 6) is -0.426. The van der Waals surface area contributed by atoms with E-state index in [1.165, 1.54) is 12.1 Å². The van der Waals surface area contributed by atoms with Gasteiger partial charge in [-0.2, -0.15) is 5.10 Å². The number of anilines is 1. The normalized spacial score (nSPS) is 11.0. The highest BCUT2D eigenvalue weighted by atomic mass is 35.5. The van der Waals surface area contributed by atoms with Gasteiger partial charge in [-0.1, -0.05) is 23.2 Å². The van der Waals surface area contributed by atoms with Gasteiger partial charge in [0.15, 0.2) is 0 Å². The summed E-state index contributed by atoms with van der Waals surface area (Å²) < 4.78 is 6.89. The minimum atomic E-state index is -0.426. The maximum atomic E-state index is 12.4. The largest absolute Gasteiger partial charge is 0.383 e. The molecular weight excluding hydrogens is 351 g/mol. The minimum Gasteiger partial charge on any atom is -0.383 e. The Balaban J connectivity index is 1.86. The van der Waals surface area contributed by atoms with Crippen molar-refractivity contribution >= 4 is 45.7 Å². The highest BCUT2D eigenvalue weighted by molar-refractivity contribution is 6.35. The number of fused-ring (bicyclic) bond motifs is 1. The van der Waals surface area contributed by atoms with Crippen LogP contribution < -0.4 is 5.32 Å². The van der Waals surface area contributed by atoms with Crippen molar-refractivity contribution in [1.82, 2.24) is 14.8 Å². The molecule has 2 heterocycles. The summed E-state index contributed by atoms with van der Waals surface area (Å²) in [7, 11) is 1.64. The third-order valence-corrected chi connectivity index (χ3v) is 3.95. The Kier molecular flexibility index (Phi) is 4.99. The fraction of sp³-hybridized carbons (Fsp3) is 0.188. The Morgan fingerprint density at radius 2 is 2.12 bits per heavy atom. The molecule has 0 aliphatic heterocycles. The average molecular weight is 365 g/mol. The molecule has 0 unspecified atom stereocenters. The van der Waals surface area contributed by atoms with Crippen LogP contribution in [-0.2, 0) is 11.3 Å². The number of nitrogens with one attached hydrogen (secondary N) is 1. The maximum absolute atomic E-state index is 12.4. The van der Waals surface area contributed by atoms with E-state index in [1.807, 2.05) is 16.8 Å². The zero-order chi connectivity index (χ0) is 17.1. The molecule has 3 aromatic rings. The van der Waals surface area contributed by atoms with E-state index in [2.05, 4.69) is 15.4 Å². The predicted molar refractivity (Wildman–Crippen MR) is 93.8 cm³/mol. The number of ether oxygens (including phenoxy) is 1. The Labute approximate surface area is 148 Å². The van der Waals surface area contributed by atoms with Gasteiger partial charge in [-0.15, -0.1) is 0 Å². The van der Waals surface area contributed by atoms with Gasteiger partial charge >= 0.3 is 0 Å². The Morgan fingerprint density at radius 1 is 1.29 bits per heavy atom. The molecule has 0 aliphatic rings. The number of halogens is 2. The van der Waals surface area contributed by atoms with Crippen molar-refractivity contribution in [2.75, 3.05) is 19.0 Å². The lowest BCUT2D eigenvalue weighted by atomic mass is 10.2. The molecule has 0 bridgehead atoms. The number of hydrogen-bond donors (Lipinski definition) is 1. The standard InChI is InChI=1S/C16H14Cl2N4O2/c1-24-7-6-22-13-8-11(3-2-10(13)9-19-22)20-16(23)15-12(17)4-5-14(18)21-15/h2-5,8-9H,6-7H2,1H3,(H,20,23). The van der Waals surface area contributed by atoms with E-state index in [0.717, 1.165) is 10.9 Å². The number of hydrogen-bond acceptors (Lipinski definition) is 4. The topological polar surface area (TPSA) is 69.0 Å². The highest BCUT2D eigenvalue weighted by Crippen LogP contribution is 2.22. The van der Waals surface area contributed by atoms with E-state index in [1.54, 1.807) is 19.4 Å². The first kappa shape index (κ1) is 16.7. The second-order valence-electron chi connectivity index (χ2n) is 5.05. The molecule has 1 amide bonds. The third-order valence-electron chi connectivity index (χ3n) is 3.44. The molecule has 6 nitrogen and oxygen atoms in total. The SMILES string of the molecule is COCCn1ncc2ccc(NC(=O)c3nc(Cl)ccc3Cl)cc21. The van der Waals surface area contributed by atoms with Gasteiger partial charge in [0.05, 0.1) is 29.9 Å². The number of benzene rings is 1. The first-order valence-corrected chi connectivity index (χ1v) is 7.92. The molecule has 0 saturated heterocycles. The molecule has 124 valence electrons. The average Bonchev–Trinajstić information content (AvgIpc) is 2.97. The molecular formula is C16H14Cl2N4O2. The van der Waals surface area contributed by atoms with Gasteiger partial charge in [-0.3, -0.25) is 9.48 Å². The van der Waals surface area contributed by atoms with Crippen molar-refractivity contribution in [3.05, 3.63) is 52.4 Å². The molecule has 0 fully saturated rings. The number of aromatic nitrogens is 3. The summed E-state index contributed by atoms with van der Waals surface area (Å²) >= 11 is 11.8. The van der Waals surface area contributed by atoms with Crippen LogP contribution in [-0.4, -0.2) is 34.4 Å². The van der Waals surface area contributed by atoms with Gasteiger partial charge in [0.2, 0.25) is 0 Å². The van der Waals surface area contributed by atoms with Gasteiger partial charge in [0.25, 0.3) is 5.91 Å². The van der Waals surface area contributed by atoms with E-state index in [9.17, 15) is 4.79 Å². The van der Waals surface area contributed by atoms with Crippen LogP contribution in [0.5, 0.6) is 0 Å². The van der Waals surface area contributed by atoms with Crippen LogP contribution in [0.15, 0.2) is 36.5 Å². The van der Waals surface area contributed by atoms with Gasteiger partial charge in [0, 0.05) is 18.2 Å².